The van der Waals surface area contributed by atoms with Crippen LogP contribution >= 0.6 is 0 Å². The molecule has 1 aromatic heterocycles. The lowest BCUT2D eigenvalue weighted by molar-refractivity contribution is 0.283. The minimum Gasteiger partial charge on any atom is -0.395 e. The summed E-state index contributed by atoms with van der Waals surface area (Å²) in [5, 5.41) is 8.98. The maximum absolute atomic E-state index is 13.0. The van der Waals surface area contributed by atoms with E-state index in [1.54, 1.807) is 6.07 Å². The molecule has 4 heteroatoms. The Bertz CT molecular complexity index is 328. The van der Waals surface area contributed by atoms with Crippen LogP contribution in [0.4, 0.5) is 10.1 Å². The van der Waals surface area contributed by atoms with Crippen LogP contribution in [0.2, 0.25) is 0 Å². The normalized spacial score (nSPS) is 16.1. The van der Waals surface area contributed by atoms with E-state index in [0.29, 0.717) is 12.6 Å². The molecule has 3 nitrogen and oxygen atoms in total. The molecule has 1 heterocycles. The first-order valence-electron chi connectivity index (χ1n) is 5.30. The van der Waals surface area contributed by atoms with Gasteiger partial charge in [-0.25, -0.2) is 4.98 Å². The number of anilines is 1. The Balaban J connectivity index is 2.15. The van der Waals surface area contributed by atoms with Gasteiger partial charge < -0.3 is 10.0 Å². The topological polar surface area (TPSA) is 36.4 Å². The largest absolute Gasteiger partial charge is 0.395 e. The summed E-state index contributed by atoms with van der Waals surface area (Å²) < 4.78 is 13.0. The van der Waals surface area contributed by atoms with Crippen LogP contribution in [0.15, 0.2) is 18.3 Å². The quantitative estimate of drug-likeness (QED) is 0.766. The number of aliphatic hydroxyl groups is 1. The van der Waals surface area contributed by atoms with E-state index < -0.39 is 5.95 Å². The van der Waals surface area contributed by atoms with Gasteiger partial charge >= 0.3 is 0 Å². The van der Waals surface area contributed by atoms with Crippen molar-refractivity contribution in [1.29, 1.82) is 0 Å². The third-order valence-electron chi connectivity index (χ3n) is 2.90. The molecule has 1 fully saturated rings. The standard InChI is InChI=1S/C11H15FN2O/c12-11-8-10(4-5-13-11)14(6-7-15)9-2-1-3-9/h4-5,8-9,15H,1-3,6-7H2. The highest BCUT2D eigenvalue weighted by Gasteiger charge is 2.24. The van der Waals surface area contributed by atoms with Crippen molar-refractivity contribution >= 4 is 5.69 Å². The van der Waals surface area contributed by atoms with E-state index >= 15 is 0 Å². The predicted molar refractivity (Wildman–Crippen MR) is 56.3 cm³/mol. The van der Waals surface area contributed by atoms with Crippen molar-refractivity contribution in [2.45, 2.75) is 25.3 Å². The summed E-state index contributed by atoms with van der Waals surface area (Å²) in [5.74, 6) is -0.463. The fourth-order valence-corrected chi connectivity index (χ4v) is 1.90. The SMILES string of the molecule is OCCN(c1ccnc(F)c1)C1CCC1. The second kappa shape index (κ2) is 4.57. The number of hydrogen-bond acceptors (Lipinski definition) is 3. The van der Waals surface area contributed by atoms with Gasteiger partial charge in [-0.3, -0.25) is 0 Å². The summed E-state index contributed by atoms with van der Waals surface area (Å²) in [6.45, 7) is 0.661. The fourth-order valence-electron chi connectivity index (χ4n) is 1.90. The van der Waals surface area contributed by atoms with Crippen LogP contribution in [0, 0.1) is 5.95 Å². The van der Waals surface area contributed by atoms with E-state index in [1.165, 1.54) is 18.7 Å². The number of aromatic nitrogens is 1. The predicted octanol–water partition coefficient (Wildman–Crippen LogP) is 1.57. The van der Waals surface area contributed by atoms with Gasteiger partial charge in [0, 0.05) is 30.5 Å². The van der Waals surface area contributed by atoms with Crippen molar-refractivity contribution in [2.24, 2.45) is 0 Å². The number of pyridine rings is 1. The third-order valence-corrected chi connectivity index (χ3v) is 2.90. The average Bonchev–Trinajstić information content (AvgIpc) is 2.14. The maximum atomic E-state index is 13.0. The number of aliphatic hydroxyl groups excluding tert-OH is 1. The van der Waals surface area contributed by atoms with Gasteiger partial charge in [-0.1, -0.05) is 0 Å². The van der Waals surface area contributed by atoms with Crippen molar-refractivity contribution in [3.05, 3.63) is 24.3 Å². The number of rotatable bonds is 4. The van der Waals surface area contributed by atoms with E-state index in [4.69, 9.17) is 5.11 Å². The molecule has 15 heavy (non-hydrogen) atoms. The number of nitrogens with zero attached hydrogens (tertiary/aromatic N) is 2. The van der Waals surface area contributed by atoms with Gasteiger partial charge in [0.2, 0.25) is 5.95 Å². The first-order chi connectivity index (χ1) is 7.31. The van der Waals surface area contributed by atoms with Crippen LogP contribution in [0.5, 0.6) is 0 Å². The summed E-state index contributed by atoms with van der Waals surface area (Å²) in [4.78, 5) is 5.59. The molecule has 0 aliphatic heterocycles. The zero-order valence-corrected chi connectivity index (χ0v) is 8.56. The van der Waals surface area contributed by atoms with E-state index in [2.05, 4.69) is 9.88 Å². The Morgan fingerprint density at radius 1 is 1.53 bits per heavy atom. The summed E-state index contributed by atoms with van der Waals surface area (Å²) in [6, 6.07) is 3.67. The van der Waals surface area contributed by atoms with Crippen LogP contribution in [0.1, 0.15) is 19.3 Å². The van der Waals surface area contributed by atoms with E-state index in [0.717, 1.165) is 18.5 Å². The molecule has 0 atom stereocenters. The molecule has 1 saturated carbocycles. The lowest BCUT2D eigenvalue weighted by Crippen LogP contribution is -2.42. The first-order valence-corrected chi connectivity index (χ1v) is 5.30. The van der Waals surface area contributed by atoms with Crippen molar-refractivity contribution in [1.82, 2.24) is 4.98 Å². The molecule has 1 N–H and O–H groups in total. The molecule has 0 spiro atoms. The summed E-state index contributed by atoms with van der Waals surface area (Å²) in [6.07, 6.45) is 4.95. The summed E-state index contributed by atoms with van der Waals surface area (Å²) >= 11 is 0. The highest BCUT2D eigenvalue weighted by Crippen LogP contribution is 2.29. The van der Waals surface area contributed by atoms with Gasteiger partial charge in [0.15, 0.2) is 0 Å². The van der Waals surface area contributed by atoms with Crippen LogP contribution in [-0.2, 0) is 0 Å². The molecule has 0 amide bonds. The number of hydrogen-bond donors (Lipinski definition) is 1. The first kappa shape index (κ1) is 10.4. The lowest BCUT2D eigenvalue weighted by Gasteiger charge is -2.38. The zero-order chi connectivity index (χ0) is 10.7. The van der Waals surface area contributed by atoms with Gasteiger partial charge in [0.1, 0.15) is 0 Å². The molecular weight excluding hydrogens is 195 g/mol. The Kier molecular flexibility index (Phi) is 3.16. The highest BCUT2D eigenvalue weighted by atomic mass is 19.1. The average molecular weight is 210 g/mol. The van der Waals surface area contributed by atoms with Crippen LogP contribution < -0.4 is 4.90 Å². The van der Waals surface area contributed by atoms with Crippen molar-refractivity contribution in [2.75, 3.05) is 18.1 Å². The molecule has 0 saturated heterocycles. The lowest BCUT2D eigenvalue weighted by atomic mass is 9.91. The highest BCUT2D eigenvalue weighted by molar-refractivity contribution is 5.46. The van der Waals surface area contributed by atoms with Crippen LogP contribution in [-0.4, -0.2) is 29.3 Å². The molecule has 1 aromatic rings. The van der Waals surface area contributed by atoms with Crippen molar-refractivity contribution in [3.63, 3.8) is 0 Å². The molecule has 0 unspecified atom stereocenters. The second-order valence-electron chi connectivity index (χ2n) is 3.84. The zero-order valence-electron chi connectivity index (χ0n) is 8.56. The summed E-state index contributed by atoms with van der Waals surface area (Å²) in [7, 11) is 0. The fraction of sp³-hybridized carbons (Fsp3) is 0.545. The van der Waals surface area contributed by atoms with E-state index in [9.17, 15) is 4.39 Å². The second-order valence-corrected chi connectivity index (χ2v) is 3.84. The van der Waals surface area contributed by atoms with E-state index in [1.807, 2.05) is 0 Å². The molecule has 1 aliphatic carbocycles. The molecule has 2 rings (SSSR count). The van der Waals surface area contributed by atoms with Gasteiger partial charge in [0.05, 0.1) is 6.61 Å². The van der Waals surface area contributed by atoms with Gasteiger partial charge in [-0.15, -0.1) is 0 Å². The van der Waals surface area contributed by atoms with E-state index in [-0.39, 0.29) is 6.61 Å². The number of halogens is 1. The van der Waals surface area contributed by atoms with Crippen LogP contribution in [0.3, 0.4) is 0 Å². The Hall–Kier alpha value is -1.16. The Morgan fingerprint density at radius 3 is 2.87 bits per heavy atom. The molecule has 82 valence electrons. The molecular formula is C11H15FN2O. The third kappa shape index (κ3) is 2.26. The van der Waals surface area contributed by atoms with Gasteiger partial charge in [-0.05, 0) is 25.3 Å². The minimum absolute atomic E-state index is 0.0977. The summed E-state index contributed by atoms with van der Waals surface area (Å²) in [5.41, 5.74) is 0.821. The van der Waals surface area contributed by atoms with Gasteiger partial charge in [0.25, 0.3) is 0 Å². The van der Waals surface area contributed by atoms with Crippen LogP contribution in [0.25, 0.3) is 0 Å². The monoisotopic (exact) mass is 210 g/mol. The maximum Gasteiger partial charge on any atom is 0.214 e. The Morgan fingerprint density at radius 2 is 2.33 bits per heavy atom. The molecule has 0 aromatic carbocycles. The van der Waals surface area contributed by atoms with Crippen molar-refractivity contribution < 1.29 is 9.50 Å². The molecule has 0 radical (unpaired) electrons. The smallest absolute Gasteiger partial charge is 0.214 e. The Labute approximate surface area is 88.6 Å². The van der Waals surface area contributed by atoms with Crippen molar-refractivity contribution in [3.8, 4) is 0 Å². The molecule has 1 aliphatic rings. The minimum atomic E-state index is -0.463. The molecule has 0 bridgehead atoms. The van der Waals surface area contributed by atoms with Gasteiger partial charge in [-0.2, -0.15) is 4.39 Å².